The molecule has 2 aromatic rings. The minimum atomic E-state index is 0.152. The Bertz CT molecular complexity index is 712. The van der Waals surface area contributed by atoms with Crippen LogP contribution < -0.4 is 4.74 Å². The molecule has 0 saturated heterocycles. The normalized spacial score (nSPS) is 12.8. The summed E-state index contributed by atoms with van der Waals surface area (Å²) in [6.07, 6.45) is 1.14. The van der Waals surface area contributed by atoms with Gasteiger partial charge in [-0.25, -0.2) is 0 Å². The highest BCUT2D eigenvalue weighted by Gasteiger charge is 2.27. The van der Waals surface area contributed by atoms with Crippen molar-refractivity contribution >= 4 is 0 Å². The molecule has 2 aromatic carbocycles. The van der Waals surface area contributed by atoms with E-state index in [-0.39, 0.29) is 5.41 Å². The molecule has 0 aliphatic rings. The molecule has 2 rings (SSSR count). The summed E-state index contributed by atoms with van der Waals surface area (Å²) in [6, 6.07) is 18.9. The highest BCUT2D eigenvalue weighted by molar-refractivity contribution is 5.31. The van der Waals surface area contributed by atoms with E-state index >= 15 is 0 Å². The molecule has 0 aliphatic carbocycles. The van der Waals surface area contributed by atoms with E-state index in [9.17, 15) is 0 Å². The molecule has 0 amide bonds. The molecule has 0 fully saturated rings. The topological polar surface area (TPSA) is 18.5 Å². The number of hydroxylamine groups is 3. The van der Waals surface area contributed by atoms with Crippen LogP contribution >= 0.6 is 0 Å². The molecular formula is C25H38NO2+. The molecule has 0 N–H and O–H groups in total. The zero-order valence-electron chi connectivity index (χ0n) is 18.8. The van der Waals surface area contributed by atoms with Gasteiger partial charge in [0.1, 0.15) is 25.5 Å². The van der Waals surface area contributed by atoms with Crippen LogP contribution in [0.25, 0.3) is 0 Å². The first-order valence-electron chi connectivity index (χ1n) is 10.2. The van der Waals surface area contributed by atoms with Crippen molar-refractivity contribution in [1.29, 1.82) is 0 Å². The fraction of sp³-hybridized carbons (Fsp3) is 0.520. The molecule has 28 heavy (non-hydrogen) atoms. The van der Waals surface area contributed by atoms with Crippen molar-refractivity contribution in [3.05, 3.63) is 65.7 Å². The Morgan fingerprint density at radius 2 is 1.39 bits per heavy atom. The lowest BCUT2D eigenvalue weighted by molar-refractivity contribution is -1.09. The summed E-state index contributed by atoms with van der Waals surface area (Å²) in [5.74, 6) is 0.896. The summed E-state index contributed by atoms with van der Waals surface area (Å²) >= 11 is 0. The number of benzene rings is 2. The van der Waals surface area contributed by atoms with Crippen LogP contribution in [0.3, 0.4) is 0 Å². The fourth-order valence-electron chi connectivity index (χ4n) is 3.94. The molecule has 3 heteroatoms. The Labute approximate surface area is 171 Å². The second-order valence-corrected chi connectivity index (χ2v) is 10.0. The number of rotatable bonds is 9. The van der Waals surface area contributed by atoms with Crippen LogP contribution in [0, 0.1) is 5.41 Å². The van der Waals surface area contributed by atoms with Crippen molar-refractivity contribution in [3.63, 3.8) is 0 Å². The van der Waals surface area contributed by atoms with Gasteiger partial charge in [0.25, 0.3) is 0 Å². The number of ether oxygens (including phenoxy) is 1. The van der Waals surface area contributed by atoms with E-state index < -0.39 is 0 Å². The second kappa shape index (κ2) is 9.11. The van der Waals surface area contributed by atoms with Crippen LogP contribution in [0.15, 0.2) is 54.6 Å². The Morgan fingerprint density at radius 3 is 1.96 bits per heavy atom. The summed E-state index contributed by atoms with van der Waals surface area (Å²) in [5, 5.41) is 0. The van der Waals surface area contributed by atoms with Crippen LogP contribution in [0.5, 0.6) is 5.75 Å². The second-order valence-electron chi connectivity index (χ2n) is 10.0. The quantitative estimate of drug-likeness (QED) is 0.300. The smallest absolute Gasteiger partial charge is 0.140 e. The van der Waals surface area contributed by atoms with Gasteiger partial charge in [0.2, 0.25) is 0 Å². The highest BCUT2D eigenvalue weighted by Crippen LogP contribution is 2.36. The maximum absolute atomic E-state index is 6.00. The van der Waals surface area contributed by atoms with Gasteiger partial charge in [0.15, 0.2) is 0 Å². The SMILES string of the molecule is CC(C)(C)CC(C)(C)c1ccc(OCCO[N+](C)(C)Cc2ccccc2)cc1. The number of quaternary nitrogens is 1. The molecule has 0 aliphatic heterocycles. The molecule has 0 heterocycles. The van der Waals surface area contributed by atoms with Crippen LogP contribution in [-0.2, 0) is 16.8 Å². The van der Waals surface area contributed by atoms with Gasteiger partial charge in [-0.05, 0) is 34.9 Å². The Morgan fingerprint density at radius 1 is 0.786 bits per heavy atom. The number of hydrogen-bond donors (Lipinski definition) is 0. The highest BCUT2D eigenvalue weighted by atomic mass is 16.7. The van der Waals surface area contributed by atoms with E-state index in [1.807, 2.05) is 6.07 Å². The monoisotopic (exact) mass is 384 g/mol. The summed E-state index contributed by atoms with van der Waals surface area (Å²) in [6.45, 7) is 13.4. The summed E-state index contributed by atoms with van der Waals surface area (Å²) in [7, 11) is 4.14. The average molecular weight is 385 g/mol. The van der Waals surface area contributed by atoms with Crippen molar-refractivity contribution < 1.29 is 14.2 Å². The Kier molecular flexibility index (Phi) is 7.30. The van der Waals surface area contributed by atoms with Crippen LogP contribution in [0.2, 0.25) is 0 Å². The van der Waals surface area contributed by atoms with Crippen LogP contribution in [0.4, 0.5) is 0 Å². The van der Waals surface area contributed by atoms with Gasteiger partial charge < -0.3 is 4.74 Å². The predicted octanol–water partition coefficient (Wildman–Crippen LogP) is 5.99. The molecule has 0 saturated carbocycles. The van der Waals surface area contributed by atoms with Gasteiger partial charge in [-0.2, -0.15) is 9.48 Å². The van der Waals surface area contributed by atoms with E-state index in [0.717, 1.165) is 18.7 Å². The van der Waals surface area contributed by atoms with Crippen molar-refractivity contribution in [2.45, 2.75) is 53.0 Å². The largest absolute Gasteiger partial charge is 0.491 e. The van der Waals surface area contributed by atoms with Gasteiger partial charge in [-0.15, -0.1) is 0 Å². The summed E-state index contributed by atoms with van der Waals surface area (Å²) in [4.78, 5) is 6.00. The first kappa shape index (κ1) is 22.4. The molecule has 3 nitrogen and oxygen atoms in total. The van der Waals surface area contributed by atoms with Gasteiger partial charge in [-0.1, -0.05) is 77.1 Å². The lowest BCUT2D eigenvalue weighted by atomic mass is 9.72. The first-order valence-corrected chi connectivity index (χ1v) is 10.2. The van der Waals surface area contributed by atoms with Crippen molar-refractivity contribution in [2.75, 3.05) is 27.3 Å². The van der Waals surface area contributed by atoms with Crippen molar-refractivity contribution in [3.8, 4) is 5.75 Å². The van der Waals surface area contributed by atoms with Crippen LogP contribution in [-0.4, -0.2) is 32.0 Å². The van der Waals surface area contributed by atoms with Gasteiger partial charge in [-0.3, -0.25) is 0 Å². The van der Waals surface area contributed by atoms with E-state index in [1.54, 1.807) is 0 Å². The predicted molar refractivity (Wildman–Crippen MR) is 117 cm³/mol. The fourth-order valence-corrected chi connectivity index (χ4v) is 3.94. The molecule has 0 unspecified atom stereocenters. The molecule has 0 bridgehead atoms. The van der Waals surface area contributed by atoms with E-state index in [1.165, 1.54) is 11.1 Å². The van der Waals surface area contributed by atoms with Gasteiger partial charge >= 0.3 is 0 Å². The maximum Gasteiger partial charge on any atom is 0.140 e. The zero-order valence-corrected chi connectivity index (χ0v) is 18.8. The van der Waals surface area contributed by atoms with E-state index in [4.69, 9.17) is 9.57 Å². The Hall–Kier alpha value is -1.84. The third-order valence-corrected chi connectivity index (χ3v) is 4.81. The van der Waals surface area contributed by atoms with Crippen molar-refractivity contribution in [2.24, 2.45) is 5.41 Å². The summed E-state index contributed by atoms with van der Waals surface area (Å²) < 4.78 is 6.36. The minimum absolute atomic E-state index is 0.152. The lowest BCUT2D eigenvalue weighted by Gasteiger charge is -2.33. The molecule has 154 valence electrons. The zero-order chi connectivity index (χ0) is 20.8. The van der Waals surface area contributed by atoms with E-state index in [2.05, 4.69) is 97.2 Å². The van der Waals surface area contributed by atoms with Gasteiger partial charge in [0.05, 0.1) is 14.1 Å². The Balaban J connectivity index is 1.80. The lowest BCUT2D eigenvalue weighted by Crippen LogP contribution is -2.39. The van der Waals surface area contributed by atoms with Crippen LogP contribution in [0.1, 0.15) is 52.2 Å². The maximum atomic E-state index is 6.00. The molecular weight excluding hydrogens is 346 g/mol. The molecule has 0 atom stereocenters. The standard InChI is InChI=1S/C25H38NO2/c1-24(2,3)20-25(4,5)22-13-15-23(16-14-22)27-17-18-28-26(6,7)19-21-11-9-8-10-12-21/h8-16H,17-20H2,1-7H3/q+1. The van der Waals surface area contributed by atoms with Gasteiger partial charge in [0, 0.05) is 5.56 Å². The third kappa shape index (κ3) is 7.65. The van der Waals surface area contributed by atoms with E-state index in [0.29, 0.717) is 23.3 Å². The van der Waals surface area contributed by atoms with Crippen molar-refractivity contribution in [1.82, 2.24) is 0 Å². The number of nitrogens with zero attached hydrogens (tertiary/aromatic N) is 1. The summed E-state index contributed by atoms with van der Waals surface area (Å²) in [5.41, 5.74) is 3.08. The molecule has 0 radical (unpaired) electrons. The average Bonchev–Trinajstić information content (AvgIpc) is 2.58. The first-order chi connectivity index (χ1) is 13.0. The molecule has 0 spiro atoms. The number of hydrogen-bond acceptors (Lipinski definition) is 2. The molecule has 0 aromatic heterocycles. The third-order valence-electron chi connectivity index (χ3n) is 4.81. The minimum Gasteiger partial charge on any atom is -0.491 e.